The minimum absolute atomic E-state index is 0.0111. The van der Waals surface area contributed by atoms with Crippen LogP contribution in [0.1, 0.15) is 67.4 Å². The lowest BCUT2D eigenvalue weighted by atomic mass is 9.93. The van der Waals surface area contributed by atoms with E-state index in [1.807, 2.05) is 26.8 Å². The molecule has 0 radical (unpaired) electrons. The van der Waals surface area contributed by atoms with Crippen molar-refractivity contribution in [3.63, 3.8) is 0 Å². The van der Waals surface area contributed by atoms with Crippen LogP contribution in [0.15, 0.2) is 10.6 Å². The Morgan fingerprint density at radius 3 is 2.66 bits per heavy atom. The fourth-order valence-electron chi connectivity index (χ4n) is 4.53. The number of piperidine rings is 1. The molecule has 4 heterocycles. The summed E-state index contributed by atoms with van der Waals surface area (Å²) in [6.07, 6.45) is 5.67. The molecule has 7 nitrogen and oxygen atoms in total. The molecule has 0 bridgehead atoms. The number of aromatic nitrogens is 3. The molecule has 1 amide bonds. The molecule has 7 heteroatoms. The van der Waals surface area contributed by atoms with Gasteiger partial charge in [0.2, 0.25) is 5.91 Å². The summed E-state index contributed by atoms with van der Waals surface area (Å²) in [7, 11) is 0. The predicted octanol–water partition coefficient (Wildman–Crippen LogP) is 3.93. The maximum atomic E-state index is 13.2. The highest BCUT2D eigenvalue weighted by atomic mass is 16.5. The summed E-state index contributed by atoms with van der Waals surface area (Å²) in [6, 6.07) is 2.03. The molecule has 29 heavy (non-hydrogen) atoms. The number of likely N-dealkylation sites (tertiary alicyclic amines) is 1. The Labute approximate surface area is 171 Å². The number of rotatable bonds is 4. The lowest BCUT2D eigenvalue weighted by Gasteiger charge is -2.37. The van der Waals surface area contributed by atoms with E-state index >= 15 is 0 Å². The van der Waals surface area contributed by atoms with Crippen molar-refractivity contribution in [2.24, 2.45) is 5.92 Å². The van der Waals surface area contributed by atoms with Crippen LogP contribution in [0, 0.1) is 26.7 Å². The standard InChI is InChI=1S/C22H30N4O3/c1-14-12-18(24-22(23-14)21-15(2)25-29-16(21)3)19-6-4-5-9-26(19)20(27)13-17-7-10-28-11-8-17/h12,17,19H,4-11,13H2,1-3H3. The second-order valence-corrected chi connectivity index (χ2v) is 8.32. The number of hydrogen-bond acceptors (Lipinski definition) is 6. The lowest BCUT2D eigenvalue weighted by Crippen LogP contribution is -2.40. The van der Waals surface area contributed by atoms with Gasteiger partial charge in [0.15, 0.2) is 5.82 Å². The summed E-state index contributed by atoms with van der Waals surface area (Å²) in [6.45, 7) is 8.10. The van der Waals surface area contributed by atoms with E-state index in [4.69, 9.17) is 14.2 Å². The van der Waals surface area contributed by atoms with Crippen LogP contribution in [-0.4, -0.2) is 45.7 Å². The van der Waals surface area contributed by atoms with Crippen molar-refractivity contribution >= 4 is 5.91 Å². The normalized spacial score (nSPS) is 20.8. The molecule has 2 aromatic heterocycles. The van der Waals surface area contributed by atoms with E-state index in [0.717, 1.165) is 80.3 Å². The van der Waals surface area contributed by atoms with E-state index in [9.17, 15) is 4.79 Å². The fraction of sp³-hybridized carbons (Fsp3) is 0.636. The van der Waals surface area contributed by atoms with Gasteiger partial charge < -0.3 is 14.2 Å². The summed E-state index contributed by atoms with van der Waals surface area (Å²) in [5, 5.41) is 4.04. The Hall–Kier alpha value is -2.28. The molecule has 4 rings (SSSR count). The highest BCUT2D eigenvalue weighted by Crippen LogP contribution is 2.33. The van der Waals surface area contributed by atoms with Gasteiger partial charge in [-0.05, 0) is 64.9 Å². The monoisotopic (exact) mass is 398 g/mol. The second kappa shape index (κ2) is 8.61. The summed E-state index contributed by atoms with van der Waals surface area (Å²) >= 11 is 0. The van der Waals surface area contributed by atoms with Gasteiger partial charge in [-0.2, -0.15) is 0 Å². The quantitative estimate of drug-likeness (QED) is 0.776. The fourth-order valence-corrected chi connectivity index (χ4v) is 4.53. The summed E-state index contributed by atoms with van der Waals surface area (Å²) in [4.78, 5) is 24.7. The van der Waals surface area contributed by atoms with Crippen LogP contribution in [-0.2, 0) is 9.53 Å². The molecular weight excluding hydrogens is 368 g/mol. The van der Waals surface area contributed by atoms with E-state index in [1.54, 1.807) is 0 Å². The average Bonchev–Trinajstić information content (AvgIpc) is 3.06. The maximum Gasteiger partial charge on any atom is 0.223 e. The number of carbonyl (C=O) groups is 1. The smallest absolute Gasteiger partial charge is 0.223 e. The number of hydrogen-bond donors (Lipinski definition) is 0. The highest BCUT2D eigenvalue weighted by molar-refractivity contribution is 5.77. The summed E-state index contributed by atoms with van der Waals surface area (Å²) < 4.78 is 10.8. The first-order valence-electron chi connectivity index (χ1n) is 10.7. The number of ether oxygens (including phenoxy) is 1. The van der Waals surface area contributed by atoms with Crippen molar-refractivity contribution in [1.29, 1.82) is 0 Å². The van der Waals surface area contributed by atoms with Gasteiger partial charge in [0.1, 0.15) is 5.76 Å². The molecule has 1 atom stereocenters. The van der Waals surface area contributed by atoms with E-state index in [1.165, 1.54) is 0 Å². The molecule has 0 aliphatic carbocycles. The zero-order chi connectivity index (χ0) is 20.4. The number of carbonyl (C=O) groups excluding carboxylic acids is 1. The molecule has 156 valence electrons. The molecule has 2 aliphatic heterocycles. The van der Waals surface area contributed by atoms with Crippen LogP contribution < -0.4 is 0 Å². The van der Waals surface area contributed by atoms with Crippen LogP contribution >= 0.6 is 0 Å². The Morgan fingerprint density at radius 2 is 1.93 bits per heavy atom. The second-order valence-electron chi connectivity index (χ2n) is 8.32. The van der Waals surface area contributed by atoms with Gasteiger partial charge in [-0.15, -0.1) is 0 Å². The largest absolute Gasteiger partial charge is 0.381 e. The summed E-state index contributed by atoms with van der Waals surface area (Å²) in [5.74, 6) is 2.04. The average molecular weight is 399 g/mol. The Bertz CT molecular complexity index is 853. The van der Waals surface area contributed by atoms with Crippen molar-refractivity contribution in [1.82, 2.24) is 20.0 Å². The van der Waals surface area contributed by atoms with E-state index in [2.05, 4.69) is 15.0 Å². The van der Waals surface area contributed by atoms with Gasteiger partial charge in [0, 0.05) is 31.9 Å². The summed E-state index contributed by atoms with van der Waals surface area (Å²) in [5.41, 5.74) is 3.46. The van der Waals surface area contributed by atoms with Crippen LogP contribution in [0.4, 0.5) is 0 Å². The Kier molecular flexibility index (Phi) is 5.94. The highest BCUT2D eigenvalue weighted by Gasteiger charge is 2.31. The molecule has 2 aromatic rings. The van der Waals surface area contributed by atoms with Crippen molar-refractivity contribution in [3.05, 3.63) is 28.9 Å². The van der Waals surface area contributed by atoms with Crippen LogP contribution in [0.3, 0.4) is 0 Å². The SMILES string of the molecule is Cc1cc(C2CCCCN2C(=O)CC2CCOCC2)nc(-c2c(C)noc2C)n1. The topological polar surface area (TPSA) is 81.4 Å². The molecule has 0 saturated carbocycles. The third-order valence-electron chi connectivity index (χ3n) is 6.10. The minimum atomic E-state index is 0.0111. The van der Waals surface area contributed by atoms with Crippen LogP contribution in [0.5, 0.6) is 0 Å². The van der Waals surface area contributed by atoms with Gasteiger partial charge in [0.25, 0.3) is 0 Å². The van der Waals surface area contributed by atoms with E-state index in [-0.39, 0.29) is 11.9 Å². The van der Waals surface area contributed by atoms with Crippen molar-refractivity contribution in [2.45, 2.75) is 65.3 Å². The molecule has 2 saturated heterocycles. The first-order valence-corrected chi connectivity index (χ1v) is 10.7. The molecular formula is C22H30N4O3. The van der Waals surface area contributed by atoms with Crippen LogP contribution in [0.25, 0.3) is 11.4 Å². The molecule has 0 spiro atoms. The number of nitrogens with zero attached hydrogens (tertiary/aromatic N) is 4. The minimum Gasteiger partial charge on any atom is -0.381 e. The van der Waals surface area contributed by atoms with Gasteiger partial charge in [-0.1, -0.05) is 5.16 Å². The number of aryl methyl sites for hydroxylation is 3. The Balaban J connectivity index is 1.60. The maximum absolute atomic E-state index is 13.2. The van der Waals surface area contributed by atoms with Crippen molar-refractivity contribution in [3.8, 4) is 11.4 Å². The molecule has 2 aliphatic rings. The molecule has 2 fully saturated rings. The van der Waals surface area contributed by atoms with Gasteiger partial charge in [-0.25, -0.2) is 9.97 Å². The van der Waals surface area contributed by atoms with E-state index in [0.29, 0.717) is 18.2 Å². The zero-order valence-electron chi connectivity index (χ0n) is 17.6. The lowest BCUT2D eigenvalue weighted by molar-refractivity contribution is -0.136. The third-order valence-corrected chi connectivity index (χ3v) is 6.10. The van der Waals surface area contributed by atoms with Crippen molar-refractivity contribution < 1.29 is 14.1 Å². The Morgan fingerprint density at radius 1 is 1.14 bits per heavy atom. The van der Waals surface area contributed by atoms with E-state index < -0.39 is 0 Å². The third kappa shape index (κ3) is 4.34. The van der Waals surface area contributed by atoms with Gasteiger partial charge >= 0.3 is 0 Å². The van der Waals surface area contributed by atoms with Crippen LogP contribution in [0.2, 0.25) is 0 Å². The molecule has 0 N–H and O–H groups in total. The van der Waals surface area contributed by atoms with Gasteiger partial charge in [0.05, 0.1) is 23.0 Å². The predicted molar refractivity (Wildman–Crippen MR) is 108 cm³/mol. The first-order chi connectivity index (χ1) is 14.0. The molecule has 1 unspecified atom stereocenters. The molecule has 0 aromatic carbocycles. The number of amides is 1. The first kappa shape index (κ1) is 20.0. The van der Waals surface area contributed by atoms with Gasteiger partial charge in [-0.3, -0.25) is 4.79 Å². The zero-order valence-corrected chi connectivity index (χ0v) is 17.6. The van der Waals surface area contributed by atoms with Crippen molar-refractivity contribution in [2.75, 3.05) is 19.8 Å².